The Hall–Kier alpha value is -2.94. The number of imidazole rings is 1. The molecule has 1 aliphatic heterocycles. The molecule has 1 aliphatic rings. The van der Waals surface area contributed by atoms with Crippen molar-refractivity contribution in [2.45, 2.75) is 27.1 Å². The highest BCUT2D eigenvalue weighted by atomic mass is 15.1. The van der Waals surface area contributed by atoms with Gasteiger partial charge >= 0.3 is 0 Å². The molecule has 128 valence electrons. The van der Waals surface area contributed by atoms with E-state index in [1.54, 1.807) is 6.20 Å². The number of nitrogens with zero attached hydrogens (tertiary/aromatic N) is 3. The van der Waals surface area contributed by atoms with E-state index in [4.69, 9.17) is 4.11 Å². The van der Waals surface area contributed by atoms with Crippen LogP contribution in [0.25, 0.3) is 27.7 Å². The molecule has 0 saturated heterocycles. The Labute approximate surface area is 157 Å². The zero-order chi connectivity index (χ0) is 20.5. The van der Waals surface area contributed by atoms with Crippen LogP contribution in [-0.4, -0.2) is 9.55 Å². The number of benzene rings is 2. The Balaban J connectivity index is 1.90. The molecule has 3 heterocycles. The number of fused-ring (bicyclic) bond motifs is 5. The van der Waals surface area contributed by atoms with Crippen LogP contribution in [0.1, 0.15) is 32.2 Å². The van der Waals surface area contributed by atoms with Crippen LogP contribution in [0.3, 0.4) is 0 Å². The van der Waals surface area contributed by atoms with E-state index in [9.17, 15) is 0 Å². The van der Waals surface area contributed by atoms with E-state index in [1.165, 1.54) is 21.9 Å². The molecule has 2 aromatic heterocycles. The molecule has 3 heteroatoms. The molecule has 0 radical (unpaired) electrons. The first kappa shape index (κ1) is 12.4. The SMILES string of the molecule is [2H]C([2H])([2H])c1c[n+](C)c(-c2c3c(c4ccccc4c2C)Cc2nccn2-3)cc1C. The van der Waals surface area contributed by atoms with E-state index in [0.717, 1.165) is 34.8 Å². The average Bonchev–Trinajstić information content (AvgIpc) is 3.25. The molecule has 0 bridgehead atoms. The van der Waals surface area contributed by atoms with Gasteiger partial charge in [-0.25, -0.2) is 9.55 Å². The van der Waals surface area contributed by atoms with E-state index in [1.807, 2.05) is 37.0 Å². The van der Waals surface area contributed by atoms with Gasteiger partial charge in [0.15, 0.2) is 6.20 Å². The number of aromatic nitrogens is 3. The van der Waals surface area contributed by atoms with Crippen LogP contribution in [0.15, 0.2) is 48.9 Å². The van der Waals surface area contributed by atoms with Gasteiger partial charge in [-0.1, -0.05) is 24.3 Å². The van der Waals surface area contributed by atoms with E-state index in [0.29, 0.717) is 5.56 Å². The summed E-state index contributed by atoms with van der Waals surface area (Å²) in [5.74, 6) is 1.04. The molecule has 0 N–H and O–H groups in total. The van der Waals surface area contributed by atoms with E-state index >= 15 is 0 Å². The normalized spacial score (nSPS) is 14.7. The average molecular weight is 343 g/mol. The quantitative estimate of drug-likeness (QED) is 0.415. The standard InChI is InChI=1S/C23H22N3/c1-14-11-20(25(4)13-15(14)2)22-16(3)17-7-5-6-8-18(17)19-12-21-24-9-10-26(21)23(19)22/h5-11,13H,12H2,1-4H3/q+1/i2D3. The molecule has 3 nitrogen and oxygen atoms in total. The van der Waals surface area contributed by atoms with E-state index in [2.05, 4.69) is 40.7 Å². The summed E-state index contributed by atoms with van der Waals surface area (Å²) in [7, 11) is 1.93. The Morgan fingerprint density at radius 1 is 1.15 bits per heavy atom. The maximum atomic E-state index is 7.84. The van der Waals surface area contributed by atoms with Gasteiger partial charge in [-0.2, -0.15) is 0 Å². The highest BCUT2D eigenvalue weighted by molar-refractivity contribution is 5.99. The van der Waals surface area contributed by atoms with Gasteiger partial charge in [0.1, 0.15) is 12.9 Å². The fraction of sp³-hybridized carbons (Fsp3) is 0.217. The van der Waals surface area contributed by atoms with Crippen molar-refractivity contribution in [1.82, 2.24) is 9.55 Å². The summed E-state index contributed by atoms with van der Waals surface area (Å²) >= 11 is 0. The summed E-state index contributed by atoms with van der Waals surface area (Å²) < 4.78 is 27.6. The van der Waals surface area contributed by atoms with Crippen molar-refractivity contribution in [1.29, 1.82) is 0 Å². The van der Waals surface area contributed by atoms with Crippen molar-refractivity contribution >= 4 is 10.8 Å². The number of pyridine rings is 1. The second-order valence-electron chi connectivity index (χ2n) is 7.13. The second-order valence-corrected chi connectivity index (χ2v) is 7.13. The first-order valence-electron chi connectivity index (χ1n) is 10.4. The molecule has 0 spiro atoms. The summed E-state index contributed by atoms with van der Waals surface area (Å²) in [5.41, 5.74) is 6.95. The minimum atomic E-state index is -2.13. The van der Waals surface area contributed by atoms with Crippen molar-refractivity contribution in [2.24, 2.45) is 7.05 Å². The topological polar surface area (TPSA) is 21.7 Å². The molecular formula is C23H22N3+. The molecule has 0 amide bonds. The van der Waals surface area contributed by atoms with E-state index in [-0.39, 0.29) is 0 Å². The minimum Gasteiger partial charge on any atom is -0.302 e. The van der Waals surface area contributed by atoms with Gasteiger partial charge in [-0.3, -0.25) is 0 Å². The molecule has 0 saturated carbocycles. The van der Waals surface area contributed by atoms with Gasteiger partial charge in [0, 0.05) is 34.6 Å². The Morgan fingerprint density at radius 3 is 2.77 bits per heavy atom. The first-order chi connectivity index (χ1) is 13.8. The van der Waals surface area contributed by atoms with Gasteiger partial charge in [-0.05, 0) is 48.2 Å². The third-order valence-electron chi connectivity index (χ3n) is 5.58. The van der Waals surface area contributed by atoms with Crippen molar-refractivity contribution in [3.63, 3.8) is 0 Å². The minimum absolute atomic E-state index is 0.391. The molecule has 0 aliphatic carbocycles. The van der Waals surface area contributed by atoms with E-state index < -0.39 is 6.85 Å². The molecule has 0 fully saturated rings. The first-order valence-corrected chi connectivity index (χ1v) is 8.85. The van der Waals surface area contributed by atoms with Crippen LogP contribution >= 0.6 is 0 Å². The lowest BCUT2D eigenvalue weighted by atomic mass is 9.90. The smallest absolute Gasteiger partial charge is 0.214 e. The molecule has 0 unspecified atom stereocenters. The third-order valence-corrected chi connectivity index (χ3v) is 5.58. The van der Waals surface area contributed by atoms with Crippen molar-refractivity contribution in [2.75, 3.05) is 0 Å². The molecule has 4 aromatic rings. The van der Waals surface area contributed by atoms with Gasteiger partial charge in [-0.15, -0.1) is 0 Å². The summed E-state index contributed by atoms with van der Waals surface area (Å²) in [6, 6.07) is 10.5. The van der Waals surface area contributed by atoms with Crippen LogP contribution in [0.2, 0.25) is 0 Å². The van der Waals surface area contributed by atoms with Gasteiger partial charge in [0.2, 0.25) is 5.69 Å². The third kappa shape index (κ3) is 1.94. The lowest BCUT2D eigenvalue weighted by molar-refractivity contribution is -0.660. The van der Waals surface area contributed by atoms with Crippen molar-refractivity contribution in [3.05, 3.63) is 77.0 Å². The van der Waals surface area contributed by atoms with Gasteiger partial charge < -0.3 is 4.57 Å². The Morgan fingerprint density at radius 2 is 1.96 bits per heavy atom. The zero-order valence-corrected chi connectivity index (χ0v) is 15.2. The monoisotopic (exact) mass is 343 g/mol. The summed E-state index contributed by atoms with van der Waals surface area (Å²) in [4.78, 5) is 4.55. The summed E-state index contributed by atoms with van der Waals surface area (Å²) in [5, 5.41) is 2.48. The highest BCUT2D eigenvalue weighted by Gasteiger charge is 2.30. The molecule has 0 atom stereocenters. The molecule has 5 rings (SSSR count). The summed E-state index contributed by atoms with van der Waals surface area (Å²) in [6.45, 7) is 1.91. The largest absolute Gasteiger partial charge is 0.302 e. The molecule has 2 aromatic carbocycles. The fourth-order valence-corrected chi connectivity index (χ4v) is 4.25. The van der Waals surface area contributed by atoms with Crippen molar-refractivity contribution < 1.29 is 8.68 Å². The molecular weight excluding hydrogens is 318 g/mol. The van der Waals surface area contributed by atoms with Crippen molar-refractivity contribution in [3.8, 4) is 16.9 Å². The van der Waals surface area contributed by atoms with Crippen LogP contribution in [0.4, 0.5) is 0 Å². The maximum absolute atomic E-state index is 7.84. The van der Waals surface area contributed by atoms with Crippen LogP contribution in [-0.2, 0) is 13.5 Å². The predicted octanol–water partition coefficient (Wildman–Crippen LogP) is 4.35. The van der Waals surface area contributed by atoms with Crippen LogP contribution in [0.5, 0.6) is 0 Å². The highest BCUT2D eigenvalue weighted by Crippen LogP contribution is 2.42. The van der Waals surface area contributed by atoms with Crippen LogP contribution < -0.4 is 4.57 Å². The lowest BCUT2D eigenvalue weighted by Gasteiger charge is -2.16. The van der Waals surface area contributed by atoms with Gasteiger partial charge in [0.25, 0.3) is 0 Å². The summed E-state index contributed by atoms with van der Waals surface area (Å²) in [6.07, 6.45) is 6.41. The maximum Gasteiger partial charge on any atom is 0.214 e. The predicted molar refractivity (Wildman–Crippen MR) is 105 cm³/mol. The lowest BCUT2D eigenvalue weighted by Crippen LogP contribution is -2.32. The van der Waals surface area contributed by atoms with Gasteiger partial charge in [0.05, 0.1) is 11.3 Å². The molecule has 26 heavy (non-hydrogen) atoms. The Kier molecular flexibility index (Phi) is 2.52. The second kappa shape index (κ2) is 5.28. The zero-order valence-electron chi connectivity index (χ0n) is 18.2. The fourth-order valence-electron chi connectivity index (χ4n) is 4.25. The number of hydrogen-bond acceptors (Lipinski definition) is 1. The van der Waals surface area contributed by atoms with Crippen LogP contribution in [0, 0.1) is 20.7 Å². The Bertz CT molecular complexity index is 1300. The number of aryl methyl sites for hydroxylation is 4. The number of hydrogen-bond donors (Lipinski definition) is 0. The number of rotatable bonds is 1.